The van der Waals surface area contributed by atoms with Crippen LogP contribution in [-0.4, -0.2) is 10.8 Å². The predicted molar refractivity (Wildman–Crippen MR) is 86.6 cm³/mol. The van der Waals surface area contributed by atoms with Gasteiger partial charge >= 0.3 is 0 Å². The first-order chi connectivity index (χ1) is 10.9. The lowest BCUT2D eigenvalue weighted by molar-refractivity contribution is -0.385. The number of carbonyl (C=O) groups excluding carboxylic acids is 1. The minimum Gasteiger partial charge on any atom is -0.322 e. The lowest BCUT2D eigenvalue weighted by atomic mass is 10.1. The van der Waals surface area contributed by atoms with Crippen molar-refractivity contribution in [2.75, 3.05) is 5.32 Å². The highest BCUT2D eigenvalue weighted by Crippen LogP contribution is 2.21. The summed E-state index contributed by atoms with van der Waals surface area (Å²) in [5.74, 6) is -1.12. The third-order valence-electron chi connectivity index (χ3n) is 3.47. The van der Waals surface area contributed by atoms with Gasteiger partial charge in [-0.3, -0.25) is 14.9 Å². The quantitative estimate of drug-likeness (QED) is 0.526. The summed E-state index contributed by atoms with van der Waals surface area (Å²) in [6.07, 6.45) is 2.47. The van der Waals surface area contributed by atoms with E-state index < -0.39 is 16.6 Å². The number of benzene rings is 2. The van der Waals surface area contributed by atoms with Gasteiger partial charge in [-0.25, -0.2) is 4.39 Å². The number of nitro benzene ring substituents is 1. The minimum absolute atomic E-state index is 0.160. The molecule has 0 aromatic heterocycles. The number of nitrogens with zero attached hydrogens (tertiary/aromatic N) is 1. The van der Waals surface area contributed by atoms with Gasteiger partial charge in [-0.05, 0) is 49.2 Å². The molecule has 118 valence electrons. The second kappa shape index (κ2) is 6.83. The van der Waals surface area contributed by atoms with E-state index in [0.29, 0.717) is 5.69 Å². The van der Waals surface area contributed by atoms with Crippen molar-refractivity contribution < 1.29 is 14.1 Å². The fourth-order valence-corrected chi connectivity index (χ4v) is 2.04. The van der Waals surface area contributed by atoms with Gasteiger partial charge in [0.25, 0.3) is 5.69 Å². The van der Waals surface area contributed by atoms with Crippen LogP contribution in [0.15, 0.2) is 42.5 Å². The second-order valence-corrected chi connectivity index (χ2v) is 5.03. The van der Waals surface area contributed by atoms with E-state index in [1.807, 2.05) is 26.0 Å². The Balaban J connectivity index is 2.19. The van der Waals surface area contributed by atoms with Gasteiger partial charge in [-0.1, -0.05) is 12.1 Å². The number of halogens is 1. The number of nitrogens with one attached hydrogen (secondary N) is 1. The van der Waals surface area contributed by atoms with Crippen molar-refractivity contribution >= 4 is 23.4 Å². The summed E-state index contributed by atoms with van der Waals surface area (Å²) in [5.41, 5.74) is 2.43. The molecule has 0 fully saturated rings. The lowest BCUT2D eigenvalue weighted by Crippen LogP contribution is -2.09. The zero-order valence-electron chi connectivity index (χ0n) is 12.7. The van der Waals surface area contributed by atoms with E-state index in [-0.39, 0.29) is 11.3 Å². The van der Waals surface area contributed by atoms with Crippen molar-refractivity contribution in [1.82, 2.24) is 0 Å². The highest BCUT2D eigenvalue weighted by Gasteiger charge is 2.13. The van der Waals surface area contributed by atoms with Crippen LogP contribution in [0.3, 0.4) is 0 Å². The molecular weight excluding hydrogens is 299 g/mol. The summed E-state index contributed by atoms with van der Waals surface area (Å²) in [6, 6.07) is 8.72. The SMILES string of the molecule is Cc1cccc(NC(=O)C=Cc2ccc(F)cc2[N+](=O)[O-])c1C. The lowest BCUT2D eigenvalue weighted by Gasteiger charge is -2.08. The molecule has 5 nitrogen and oxygen atoms in total. The maximum absolute atomic E-state index is 13.1. The number of nitro groups is 1. The van der Waals surface area contributed by atoms with Gasteiger partial charge in [0.15, 0.2) is 0 Å². The Morgan fingerprint density at radius 2 is 2.00 bits per heavy atom. The Hall–Kier alpha value is -3.02. The molecule has 0 saturated heterocycles. The summed E-state index contributed by atoms with van der Waals surface area (Å²) >= 11 is 0. The Bertz CT molecular complexity index is 800. The summed E-state index contributed by atoms with van der Waals surface area (Å²) in [6.45, 7) is 3.82. The molecule has 1 N–H and O–H groups in total. The molecule has 0 radical (unpaired) electrons. The third kappa shape index (κ3) is 4.00. The molecule has 0 bridgehead atoms. The molecule has 0 heterocycles. The van der Waals surface area contributed by atoms with Crippen LogP contribution in [-0.2, 0) is 4.79 Å². The van der Waals surface area contributed by atoms with Gasteiger partial charge in [-0.2, -0.15) is 0 Å². The zero-order valence-corrected chi connectivity index (χ0v) is 12.7. The zero-order chi connectivity index (χ0) is 17.0. The molecule has 6 heteroatoms. The molecule has 1 amide bonds. The molecule has 0 unspecified atom stereocenters. The summed E-state index contributed by atoms with van der Waals surface area (Å²) in [7, 11) is 0. The summed E-state index contributed by atoms with van der Waals surface area (Å²) in [4.78, 5) is 22.2. The Morgan fingerprint density at radius 3 is 2.70 bits per heavy atom. The van der Waals surface area contributed by atoms with Crippen molar-refractivity contribution in [3.8, 4) is 0 Å². The first-order valence-electron chi connectivity index (χ1n) is 6.87. The topological polar surface area (TPSA) is 72.2 Å². The van der Waals surface area contributed by atoms with Crippen molar-refractivity contribution in [3.63, 3.8) is 0 Å². The van der Waals surface area contributed by atoms with E-state index in [2.05, 4.69) is 5.32 Å². The van der Waals surface area contributed by atoms with Crippen LogP contribution in [0.2, 0.25) is 0 Å². The first kappa shape index (κ1) is 16.4. The summed E-state index contributed by atoms with van der Waals surface area (Å²) < 4.78 is 13.1. The second-order valence-electron chi connectivity index (χ2n) is 5.03. The van der Waals surface area contributed by atoms with E-state index >= 15 is 0 Å². The number of rotatable bonds is 4. The van der Waals surface area contributed by atoms with E-state index in [1.54, 1.807) is 6.07 Å². The maximum atomic E-state index is 13.1. The van der Waals surface area contributed by atoms with Crippen molar-refractivity contribution in [2.24, 2.45) is 0 Å². The van der Waals surface area contributed by atoms with Gasteiger partial charge in [0, 0.05) is 11.8 Å². The normalized spacial score (nSPS) is 10.7. The highest BCUT2D eigenvalue weighted by atomic mass is 19.1. The molecule has 0 atom stereocenters. The van der Waals surface area contributed by atoms with Crippen molar-refractivity contribution in [1.29, 1.82) is 0 Å². The van der Waals surface area contributed by atoms with Gasteiger partial charge in [0.05, 0.1) is 16.6 Å². The van der Waals surface area contributed by atoms with Gasteiger partial charge in [0.1, 0.15) is 5.82 Å². The fourth-order valence-electron chi connectivity index (χ4n) is 2.04. The third-order valence-corrected chi connectivity index (χ3v) is 3.47. The Labute approximate surface area is 132 Å². The van der Waals surface area contributed by atoms with E-state index in [9.17, 15) is 19.3 Å². The van der Waals surface area contributed by atoms with Crippen molar-refractivity contribution in [3.05, 3.63) is 75.1 Å². The van der Waals surface area contributed by atoms with Crippen LogP contribution in [0.4, 0.5) is 15.8 Å². The molecule has 0 aliphatic rings. The molecule has 23 heavy (non-hydrogen) atoms. The predicted octanol–water partition coefficient (Wildman–Crippen LogP) is 4.00. The molecule has 2 aromatic carbocycles. The Kier molecular flexibility index (Phi) is 4.85. The standard InChI is InChI=1S/C17H15FN2O3/c1-11-4-3-5-15(12(11)2)19-17(21)9-7-13-6-8-14(18)10-16(13)20(22)23/h3-10H,1-2H3,(H,19,21). The van der Waals surface area contributed by atoms with Crippen LogP contribution >= 0.6 is 0 Å². The number of anilines is 1. The number of amides is 1. The van der Waals surface area contributed by atoms with Crippen LogP contribution in [0.1, 0.15) is 16.7 Å². The van der Waals surface area contributed by atoms with E-state index in [4.69, 9.17) is 0 Å². The average Bonchev–Trinajstić information content (AvgIpc) is 2.50. The van der Waals surface area contributed by atoms with E-state index in [1.165, 1.54) is 18.2 Å². The molecule has 0 spiro atoms. The van der Waals surface area contributed by atoms with Crippen molar-refractivity contribution in [2.45, 2.75) is 13.8 Å². The molecule has 0 saturated carbocycles. The molecule has 2 aromatic rings. The number of aryl methyl sites for hydroxylation is 1. The first-order valence-corrected chi connectivity index (χ1v) is 6.87. The van der Waals surface area contributed by atoms with Gasteiger partial charge in [-0.15, -0.1) is 0 Å². The fraction of sp³-hybridized carbons (Fsp3) is 0.118. The van der Waals surface area contributed by atoms with Crippen LogP contribution < -0.4 is 5.32 Å². The maximum Gasteiger partial charge on any atom is 0.279 e. The van der Waals surface area contributed by atoms with Gasteiger partial charge < -0.3 is 5.32 Å². The minimum atomic E-state index is -0.700. The molecule has 0 aliphatic carbocycles. The molecular formula is C17H15FN2O3. The average molecular weight is 314 g/mol. The molecule has 2 rings (SSSR count). The highest BCUT2D eigenvalue weighted by molar-refractivity contribution is 6.02. The van der Waals surface area contributed by atoms with Gasteiger partial charge in [0.2, 0.25) is 5.91 Å². The largest absolute Gasteiger partial charge is 0.322 e. The number of hydrogen-bond acceptors (Lipinski definition) is 3. The number of hydrogen-bond donors (Lipinski definition) is 1. The molecule has 0 aliphatic heterocycles. The smallest absolute Gasteiger partial charge is 0.279 e. The van der Waals surface area contributed by atoms with Crippen LogP contribution in [0.25, 0.3) is 6.08 Å². The van der Waals surface area contributed by atoms with Crippen LogP contribution in [0.5, 0.6) is 0 Å². The number of carbonyl (C=O) groups is 1. The van der Waals surface area contributed by atoms with Crippen LogP contribution in [0, 0.1) is 29.8 Å². The van der Waals surface area contributed by atoms with E-state index in [0.717, 1.165) is 23.3 Å². The Morgan fingerprint density at radius 1 is 1.26 bits per heavy atom. The monoisotopic (exact) mass is 314 g/mol. The summed E-state index contributed by atoms with van der Waals surface area (Å²) in [5, 5.41) is 13.6.